The fourth-order valence-corrected chi connectivity index (χ4v) is 4.49. The Hall–Kier alpha value is -2.21. The number of amides is 1. The van der Waals surface area contributed by atoms with Crippen LogP contribution in [0.2, 0.25) is 0 Å². The Bertz CT molecular complexity index is 877. The molecule has 0 radical (unpaired) electrons. The van der Waals surface area contributed by atoms with Crippen molar-refractivity contribution in [1.29, 1.82) is 0 Å². The van der Waals surface area contributed by atoms with Gasteiger partial charge in [0.25, 0.3) is 11.5 Å². The number of hydrogen-bond acceptors (Lipinski definition) is 4. The third-order valence-corrected chi connectivity index (χ3v) is 5.93. The Morgan fingerprint density at radius 2 is 1.93 bits per heavy atom. The van der Waals surface area contributed by atoms with E-state index < -0.39 is 0 Å². The number of nitrogens with one attached hydrogen (secondary N) is 1. The molecular weight excluding hydrogens is 340 g/mol. The molecule has 1 aromatic carbocycles. The molecule has 0 spiro atoms. The molecule has 2 bridgehead atoms. The van der Waals surface area contributed by atoms with E-state index in [4.69, 9.17) is 0 Å². The quantitative estimate of drug-likeness (QED) is 0.824. The topological polar surface area (TPSA) is 67.2 Å². The fraction of sp³-hybridized carbons (Fsp3) is 0.571. The van der Waals surface area contributed by atoms with Crippen LogP contribution in [-0.4, -0.2) is 45.8 Å². The lowest BCUT2D eigenvalue weighted by Crippen LogP contribution is -2.43. The van der Waals surface area contributed by atoms with Crippen molar-refractivity contribution >= 4 is 16.7 Å². The maximum Gasteiger partial charge on any atom is 0.275 e. The fourth-order valence-electron chi connectivity index (χ4n) is 4.49. The molecule has 1 amide bonds. The van der Waals surface area contributed by atoms with Crippen molar-refractivity contribution in [2.45, 2.75) is 64.1 Å². The van der Waals surface area contributed by atoms with Crippen LogP contribution in [0.1, 0.15) is 55.9 Å². The van der Waals surface area contributed by atoms with Gasteiger partial charge in [-0.3, -0.25) is 9.59 Å². The van der Waals surface area contributed by atoms with Crippen LogP contribution in [0.3, 0.4) is 0 Å². The van der Waals surface area contributed by atoms with E-state index >= 15 is 0 Å². The maximum absolute atomic E-state index is 13.5. The smallest absolute Gasteiger partial charge is 0.275 e. The van der Waals surface area contributed by atoms with Gasteiger partial charge in [0.15, 0.2) is 5.69 Å². The van der Waals surface area contributed by atoms with Crippen LogP contribution < -0.4 is 10.9 Å². The van der Waals surface area contributed by atoms with Gasteiger partial charge in [-0.2, -0.15) is 5.10 Å². The zero-order valence-corrected chi connectivity index (χ0v) is 16.0. The lowest BCUT2D eigenvalue weighted by atomic mass is 10.1. The van der Waals surface area contributed by atoms with E-state index in [0.29, 0.717) is 23.0 Å². The first-order chi connectivity index (χ1) is 13.2. The number of nitrogens with zero attached hydrogens (tertiary/aromatic N) is 3. The van der Waals surface area contributed by atoms with E-state index in [0.717, 1.165) is 51.6 Å². The van der Waals surface area contributed by atoms with E-state index in [1.807, 2.05) is 29.2 Å². The molecule has 4 rings (SSSR count). The number of hydrogen-bond donors (Lipinski definition) is 1. The predicted octanol–water partition coefficient (Wildman–Crippen LogP) is 2.55. The van der Waals surface area contributed by atoms with Crippen molar-refractivity contribution < 1.29 is 4.79 Å². The van der Waals surface area contributed by atoms with Gasteiger partial charge in [0.2, 0.25) is 0 Å². The van der Waals surface area contributed by atoms with Crippen LogP contribution >= 0.6 is 0 Å². The van der Waals surface area contributed by atoms with Gasteiger partial charge < -0.3 is 10.2 Å². The SMILES string of the molecule is CCCCCn1nc(C(=O)N2C3CCNCC2CC3)c2ccccc2c1=O. The molecule has 27 heavy (non-hydrogen) atoms. The number of benzene rings is 1. The maximum atomic E-state index is 13.5. The summed E-state index contributed by atoms with van der Waals surface area (Å²) < 4.78 is 1.50. The van der Waals surface area contributed by atoms with Crippen LogP contribution in [0.25, 0.3) is 10.8 Å². The van der Waals surface area contributed by atoms with Gasteiger partial charge in [0.05, 0.1) is 5.39 Å². The first-order valence-corrected chi connectivity index (χ1v) is 10.2. The predicted molar refractivity (Wildman–Crippen MR) is 106 cm³/mol. The van der Waals surface area contributed by atoms with E-state index in [1.54, 1.807) is 0 Å². The van der Waals surface area contributed by atoms with Gasteiger partial charge in [-0.25, -0.2) is 4.68 Å². The molecule has 2 atom stereocenters. The normalized spacial score (nSPS) is 22.2. The molecule has 144 valence electrons. The molecule has 2 saturated heterocycles. The number of unbranched alkanes of at least 4 members (excludes halogenated alkanes) is 2. The third kappa shape index (κ3) is 3.38. The highest BCUT2D eigenvalue weighted by Gasteiger charge is 2.39. The lowest BCUT2D eigenvalue weighted by molar-refractivity contribution is 0.0673. The molecule has 2 unspecified atom stereocenters. The summed E-state index contributed by atoms with van der Waals surface area (Å²) in [5.74, 6) is -0.0216. The van der Waals surface area contributed by atoms with Crippen LogP contribution in [0, 0.1) is 0 Å². The van der Waals surface area contributed by atoms with Crippen molar-refractivity contribution in [3.05, 3.63) is 40.3 Å². The molecule has 1 N–H and O–H groups in total. The number of rotatable bonds is 5. The second-order valence-electron chi connectivity index (χ2n) is 7.72. The molecule has 0 aliphatic carbocycles. The summed E-state index contributed by atoms with van der Waals surface area (Å²) in [6.45, 7) is 4.49. The Morgan fingerprint density at radius 3 is 2.74 bits per heavy atom. The average Bonchev–Trinajstić information content (AvgIpc) is 2.96. The molecule has 2 aliphatic heterocycles. The molecule has 3 heterocycles. The van der Waals surface area contributed by atoms with Crippen LogP contribution in [0.5, 0.6) is 0 Å². The molecule has 2 fully saturated rings. The van der Waals surface area contributed by atoms with Gasteiger partial charge in [-0.1, -0.05) is 38.0 Å². The molecule has 1 aromatic heterocycles. The van der Waals surface area contributed by atoms with E-state index in [2.05, 4.69) is 17.3 Å². The first-order valence-electron chi connectivity index (χ1n) is 10.2. The van der Waals surface area contributed by atoms with E-state index in [9.17, 15) is 9.59 Å². The average molecular weight is 368 g/mol. The Kier molecular flexibility index (Phi) is 5.25. The number of fused-ring (bicyclic) bond motifs is 3. The van der Waals surface area contributed by atoms with E-state index in [1.165, 1.54) is 4.68 Å². The van der Waals surface area contributed by atoms with E-state index in [-0.39, 0.29) is 23.6 Å². The van der Waals surface area contributed by atoms with Crippen LogP contribution in [0.4, 0.5) is 0 Å². The summed E-state index contributed by atoms with van der Waals surface area (Å²) in [5, 5.41) is 9.27. The largest absolute Gasteiger partial charge is 0.330 e. The summed E-state index contributed by atoms with van der Waals surface area (Å²) >= 11 is 0. The lowest BCUT2D eigenvalue weighted by Gasteiger charge is -2.28. The van der Waals surface area contributed by atoms with Gasteiger partial charge in [0, 0.05) is 30.6 Å². The number of carbonyl (C=O) groups excluding carboxylic acids is 1. The highest BCUT2D eigenvalue weighted by molar-refractivity contribution is 6.05. The summed E-state index contributed by atoms with van der Waals surface area (Å²) in [7, 11) is 0. The van der Waals surface area contributed by atoms with Crippen molar-refractivity contribution in [2.75, 3.05) is 13.1 Å². The minimum Gasteiger partial charge on any atom is -0.330 e. The molecule has 0 saturated carbocycles. The standard InChI is InChI=1S/C21H28N4O2/c1-2-3-6-13-24-20(26)18-8-5-4-7-17(18)19(23-24)21(27)25-15-9-10-16(25)14-22-12-11-15/h4-5,7-8,15-16,22H,2-3,6,9-14H2,1H3. The molecule has 2 aromatic rings. The summed E-state index contributed by atoms with van der Waals surface area (Å²) in [4.78, 5) is 28.4. The second kappa shape index (κ2) is 7.80. The first kappa shape index (κ1) is 18.2. The highest BCUT2D eigenvalue weighted by atomic mass is 16.2. The summed E-state index contributed by atoms with van der Waals surface area (Å²) in [5.41, 5.74) is 0.333. The third-order valence-electron chi connectivity index (χ3n) is 5.93. The van der Waals surface area contributed by atoms with Gasteiger partial charge >= 0.3 is 0 Å². The minimum atomic E-state index is -0.0984. The minimum absolute atomic E-state index is 0.0216. The number of aromatic nitrogens is 2. The number of carbonyl (C=O) groups is 1. The summed E-state index contributed by atoms with van der Waals surface area (Å²) in [6.07, 6.45) is 6.11. The monoisotopic (exact) mass is 368 g/mol. The second-order valence-corrected chi connectivity index (χ2v) is 7.72. The van der Waals surface area contributed by atoms with Crippen LogP contribution in [0.15, 0.2) is 29.1 Å². The van der Waals surface area contributed by atoms with Crippen molar-refractivity contribution in [1.82, 2.24) is 20.0 Å². The van der Waals surface area contributed by atoms with Crippen LogP contribution in [-0.2, 0) is 6.54 Å². The van der Waals surface area contributed by atoms with Gasteiger partial charge in [-0.05, 0) is 38.3 Å². The van der Waals surface area contributed by atoms with Gasteiger partial charge in [-0.15, -0.1) is 0 Å². The zero-order chi connectivity index (χ0) is 18.8. The number of aryl methyl sites for hydroxylation is 1. The Labute approximate surface area is 159 Å². The molecule has 6 nitrogen and oxygen atoms in total. The highest BCUT2D eigenvalue weighted by Crippen LogP contribution is 2.30. The molecular formula is C21H28N4O2. The molecule has 2 aliphatic rings. The summed E-state index contributed by atoms with van der Waals surface area (Å²) in [6, 6.07) is 7.90. The van der Waals surface area contributed by atoms with Crippen molar-refractivity contribution in [3.8, 4) is 0 Å². The molecule has 6 heteroatoms. The van der Waals surface area contributed by atoms with Crippen molar-refractivity contribution in [2.24, 2.45) is 0 Å². The van der Waals surface area contributed by atoms with Crippen molar-refractivity contribution in [3.63, 3.8) is 0 Å². The Balaban J connectivity index is 1.77. The zero-order valence-electron chi connectivity index (χ0n) is 16.0. The Morgan fingerprint density at radius 1 is 1.15 bits per heavy atom. The van der Waals surface area contributed by atoms with Gasteiger partial charge in [0.1, 0.15) is 0 Å².